The van der Waals surface area contributed by atoms with Crippen LogP contribution in [0.3, 0.4) is 0 Å². The second-order valence-corrected chi connectivity index (χ2v) is 6.66. The smallest absolute Gasteiger partial charge is 0.345 e. The van der Waals surface area contributed by atoms with Crippen molar-refractivity contribution in [2.45, 2.75) is 20.6 Å². The first-order valence-electron chi connectivity index (χ1n) is 9.30. The summed E-state index contributed by atoms with van der Waals surface area (Å²) >= 11 is 0. The number of anilines is 2. The highest BCUT2D eigenvalue weighted by atomic mass is 16.5. The van der Waals surface area contributed by atoms with Gasteiger partial charge in [-0.05, 0) is 49.2 Å². The molecule has 1 heterocycles. The van der Waals surface area contributed by atoms with Crippen LogP contribution < -0.4 is 15.2 Å². The number of amides is 1. The summed E-state index contributed by atoms with van der Waals surface area (Å²) in [4.78, 5) is 24.5. The fourth-order valence-electron chi connectivity index (χ4n) is 2.89. The molecule has 6 nitrogen and oxygen atoms in total. The van der Waals surface area contributed by atoms with E-state index in [1.807, 2.05) is 44.2 Å². The Morgan fingerprint density at radius 3 is 2.52 bits per heavy atom. The summed E-state index contributed by atoms with van der Waals surface area (Å²) in [6, 6.07) is 16.7. The quantitative estimate of drug-likeness (QED) is 0.499. The van der Waals surface area contributed by atoms with Crippen molar-refractivity contribution in [3.63, 3.8) is 0 Å². The van der Waals surface area contributed by atoms with E-state index in [9.17, 15) is 9.59 Å². The number of nitrogens with zero attached hydrogens (tertiary/aromatic N) is 1. The van der Waals surface area contributed by atoms with Crippen LogP contribution in [0.15, 0.2) is 67.0 Å². The zero-order chi connectivity index (χ0) is 20.8. The number of hydrogen-bond acceptors (Lipinski definition) is 4. The minimum Gasteiger partial charge on any atom is -0.401 e. The molecule has 0 spiro atoms. The first-order chi connectivity index (χ1) is 14.0. The highest BCUT2D eigenvalue weighted by Gasteiger charge is 2.16. The summed E-state index contributed by atoms with van der Waals surface area (Å²) in [6.07, 6.45) is 3.37. The number of nitrogens with one attached hydrogen (secondary N) is 2. The van der Waals surface area contributed by atoms with Gasteiger partial charge in [-0.3, -0.25) is 4.79 Å². The number of pyridine rings is 1. The predicted molar refractivity (Wildman–Crippen MR) is 111 cm³/mol. The van der Waals surface area contributed by atoms with Gasteiger partial charge >= 0.3 is 5.97 Å². The van der Waals surface area contributed by atoms with Crippen LogP contribution in [0.5, 0.6) is 0 Å². The molecular formula is C23H24N3O3+. The van der Waals surface area contributed by atoms with Gasteiger partial charge in [0.2, 0.25) is 0 Å². The molecule has 1 amide bonds. The number of rotatable bonds is 6. The first kappa shape index (κ1) is 20.1. The number of benzene rings is 2. The van der Waals surface area contributed by atoms with E-state index in [4.69, 9.17) is 4.74 Å². The molecule has 29 heavy (non-hydrogen) atoms. The van der Waals surface area contributed by atoms with Gasteiger partial charge in [-0.2, -0.15) is 4.57 Å². The summed E-state index contributed by atoms with van der Waals surface area (Å²) in [6.45, 7) is 4.08. The van der Waals surface area contributed by atoms with E-state index in [2.05, 4.69) is 10.6 Å². The molecule has 0 aliphatic heterocycles. The molecule has 0 saturated carbocycles. The van der Waals surface area contributed by atoms with Crippen LogP contribution in [0.4, 0.5) is 11.4 Å². The second-order valence-electron chi connectivity index (χ2n) is 6.66. The lowest BCUT2D eigenvalue weighted by Gasteiger charge is -2.14. The minimum absolute atomic E-state index is 0.00146. The molecule has 3 aromatic rings. The van der Waals surface area contributed by atoms with E-state index >= 15 is 0 Å². The summed E-state index contributed by atoms with van der Waals surface area (Å²) in [5, 5.41) is 5.90. The van der Waals surface area contributed by atoms with Crippen LogP contribution in [0.25, 0.3) is 0 Å². The number of aryl methyl sites for hydroxylation is 1. The second kappa shape index (κ2) is 9.01. The number of ether oxygens (including phenoxy) is 1. The number of carbonyl (C=O) groups excluding carboxylic acids is 2. The van der Waals surface area contributed by atoms with Crippen LogP contribution in [0.1, 0.15) is 31.8 Å². The van der Waals surface area contributed by atoms with E-state index < -0.39 is 5.97 Å². The molecule has 148 valence electrons. The maximum atomic E-state index is 12.7. The lowest BCUT2D eigenvalue weighted by Crippen LogP contribution is -2.37. The van der Waals surface area contributed by atoms with Crippen LogP contribution in [-0.2, 0) is 11.5 Å². The minimum atomic E-state index is -0.448. The highest BCUT2D eigenvalue weighted by Crippen LogP contribution is 2.25. The molecule has 0 saturated heterocycles. The third kappa shape index (κ3) is 4.79. The van der Waals surface area contributed by atoms with Gasteiger partial charge in [-0.15, -0.1) is 0 Å². The van der Waals surface area contributed by atoms with Crippen molar-refractivity contribution in [2.24, 2.45) is 0 Å². The Bertz CT molecular complexity index is 1050. The summed E-state index contributed by atoms with van der Waals surface area (Å²) in [5.74, 6) is -0.648. The lowest BCUT2D eigenvalue weighted by molar-refractivity contribution is -0.727. The van der Waals surface area contributed by atoms with Gasteiger partial charge in [0, 0.05) is 18.8 Å². The number of aromatic nitrogens is 1. The largest absolute Gasteiger partial charge is 0.401 e. The molecule has 3 rings (SSSR count). The third-order valence-corrected chi connectivity index (χ3v) is 4.71. The third-order valence-electron chi connectivity index (χ3n) is 4.71. The van der Waals surface area contributed by atoms with Gasteiger partial charge in [-0.1, -0.05) is 24.3 Å². The molecule has 6 heteroatoms. The van der Waals surface area contributed by atoms with Crippen LogP contribution >= 0.6 is 0 Å². The van der Waals surface area contributed by atoms with Gasteiger partial charge in [-0.25, -0.2) is 4.79 Å². The Kier molecular flexibility index (Phi) is 6.24. The Morgan fingerprint density at radius 2 is 1.72 bits per heavy atom. The first-order valence-corrected chi connectivity index (χ1v) is 9.30. The normalized spacial score (nSPS) is 10.3. The van der Waals surface area contributed by atoms with E-state index in [1.165, 1.54) is 5.56 Å². The monoisotopic (exact) mass is 390 g/mol. The fraction of sp³-hybridized carbons (Fsp3) is 0.174. The van der Waals surface area contributed by atoms with E-state index in [0.29, 0.717) is 16.8 Å². The average Bonchev–Trinajstić information content (AvgIpc) is 2.75. The van der Waals surface area contributed by atoms with Crippen molar-refractivity contribution < 1.29 is 18.9 Å². The van der Waals surface area contributed by atoms with Crippen molar-refractivity contribution in [3.05, 3.63) is 89.2 Å². The van der Waals surface area contributed by atoms with Gasteiger partial charge in [0.05, 0.1) is 11.3 Å². The van der Waals surface area contributed by atoms with E-state index in [-0.39, 0.29) is 12.6 Å². The molecule has 0 fully saturated rings. The van der Waals surface area contributed by atoms with Gasteiger partial charge in [0.15, 0.2) is 12.4 Å². The Morgan fingerprint density at radius 1 is 0.966 bits per heavy atom. The van der Waals surface area contributed by atoms with Gasteiger partial charge < -0.3 is 15.4 Å². The maximum Gasteiger partial charge on any atom is 0.345 e. The van der Waals surface area contributed by atoms with Crippen molar-refractivity contribution in [1.29, 1.82) is 0 Å². The Balaban J connectivity index is 1.75. The predicted octanol–water partition coefficient (Wildman–Crippen LogP) is 3.51. The van der Waals surface area contributed by atoms with E-state index in [0.717, 1.165) is 11.3 Å². The topological polar surface area (TPSA) is 71.3 Å². The maximum absolute atomic E-state index is 12.7. The number of carbonyl (C=O) groups is 2. The molecule has 2 N–H and O–H groups in total. The molecule has 0 atom stereocenters. The van der Waals surface area contributed by atoms with Crippen LogP contribution in [-0.4, -0.2) is 18.9 Å². The standard InChI is InChI=1S/C23H23N3O3/c1-16-8-6-12-20(17(16)2)25-21-11-5-4-10-19(21)23(28)29-15-26-13-7-9-18(14-26)22(27)24-3/h4-14H,15H2,1-3H3,(H-,24,25,27,28)/p+1. The summed E-state index contributed by atoms with van der Waals surface area (Å²) in [7, 11) is 1.57. The fourth-order valence-corrected chi connectivity index (χ4v) is 2.89. The molecule has 0 aliphatic carbocycles. The Hall–Kier alpha value is -3.67. The number of esters is 1. The Labute approximate surface area is 170 Å². The molecule has 0 radical (unpaired) electrons. The van der Waals surface area contributed by atoms with Crippen LogP contribution in [0.2, 0.25) is 0 Å². The molecular weight excluding hydrogens is 366 g/mol. The zero-order valence-electron chi connectivity index (χ0n) is 16.7. The summed E-state index contributed by atoms with van der Waals surface area (Å²) < 4.78 is 7.11. The van der Waals surface area contributed by atoms with Crippen molar-refractivity contribution in [3.8, 4) is 0 Å². The van der Waals surface area contributed by atoms with Gasteiger partial charge in [0.1, 0.15) is 5.56 Å². The lowest BCUT2D eigenvalue weighted by atomic mass is 10.1. The number of hydrogen-bond donors (Lipinski definition) is 2. The summed E-state index contributed by atoms with van der Waals surface area (Å²) in [5.41, 5.74) is 4.84. The highest BCUT2D eigenvalue weighted by molar-refractivity contribution is 5.96. The molecule has 0 bridgehead atoms. The number of para-hydroxylation sites is 1. The molecule has 0 aliphatic rings. The van der Waals surface area contributed by atoms with Crippen molar-refractivity contribution in [1.82, 2.24) is 5.32 Å². The SMILES string of the molecule is CNC(=O)c1ccc[n+](COC(=O)c2ccccc2Nc2cccc(C)c2C)c1. The van der Waals surface area contributed by atoms with Crippen molar-refractivity contribution >= 4 is 23.3 Å². The zero-order valence-corrected chi connectivity index (χ0v) is 16.7. The molecule has 2 aromatic carbocycles. The molecule has 0 unspecified atom stereocenters. The average molecular weight is 390 g/mol. The van der Waals surface area contributed by atoms with Gasteiger partial charge in [0.25, 0.3) is 12.6 Å². The van der Waals surface area contributed by atoms with E-state index in [1.54, 1.807) is 48.3 Å². The van der Waals surface area contributed by atoms with Crippen molar-refractivity contribution in [2.75, 3.05) is 12.4 Å². The molecule has 1 aromatic heterocycles. The van der Waals surface area contributed by atoms with Crippen LogP contribution in [0, 0.1) is 13.8 Å².